The van der Waals surface area contributed by atoms with Crippen LogP contribution in [0.4, 0.5) is 10.8 Å². The Hall–Kier alpha value is -2.51. The van der Waals surface area contributed by atoms with Crippen LogP contribution in [0.15, 0.2) is 54.6 Å². The lowest BCUT2D eigenvalue weighted by atomic mass is 10.1. The Morgan fingerprint density at radius 3 is 2.50 bits per heavy atom. The third-order valence-corrected chi connectivity index (χ3v) is 4.28. The quantitative estimate of drug-likeness (QED) is 0.675. The number of nitrogens with one attached hydrogen (secondary N) is 2. The molecule has 5 nitrogen and oxygen atoms in total. The second-order valence-electron chi connectivity index (χ2n) is 4.97. The molecule has 0 spiro atoms. The summed E-state index contributed by atoms with van der Waals surface area (Å²) in [4.78, 5) is 0. The fourth-order valence-electron chi connectivity index (χ4n) is 2.07. The summed E-state index contributed by atoms with van der Waals surface area (Å²) in [5, 5.41) is 16.6. The first-order chi connectivity index (χ1) is 11.7. The maximum Gasteiger partial charge on any atom is 0.211 e. The standard InChI is InChI=1S/C17H16N4OS2/c1-22-14-9-7-12(8-10-14)11-15-20-21-17(24-15)19-16(23)18-13-5-3-2-4-6-13/h2-10H,11H2,1H3,(H2,18,19,21,23). The number of anilines is 2. The fraction of sp³-hybridized carbons (Fsp3) is 0.118. The molecule has 0 aliphatic carbocycles. The molecule has 3 rings (SSSR count). The zero-order chi connectivity index (χ0) is 16.8. The molecule has 0 unspecified atom stereocenters. The SMILES string of the molecule is COc1ccc(Cc2nnc(NC(=S)Nc3ccccc3)s2)cc1. The molecule has 7 heteroatoms. The van der Waals surface area contributed by atoms with Gasteiger partial charge in [-0.3, -0.25) is 0 Å². The van der Waals surface area contributed by atoms with Crippen molar-refractivity contribution in [3.63, 3.8) is 0 Å². The number of para-hydroxylation sites is 1. The first-order valence-corrected chi connectivity index (χ1v) is 8.54. The van der Waals surface area contributed by atoms with Crippen LogP contribution in [0.1, 0.15) is 10.6 Å². The average molecular weight is 356 g/mol. The van der Waals surface area contributed by atoms with Gasteiger partial charge in [-0.25, -0.2) is 0 Å². The van der Waals surface area contributed by atoms with E-state index in [1.54, 1.807) is 7.11 Å². The Bertz CT molecular complexity index is 803. The second kappa shape index (κ2) is 7.85. The Morgan fingerprint density at radius 2 is 1.79 bits per heavy atom. The van der Waals surface area contributed by atoms with Crippen LogP contribution in [0.3, 0.4) is 0 Å². The van der Waals surface area contributed by atoms with Crippen LogP contribution in [0.2, 0.25) is 0 Å². The molecule has 1 aromatic heterocycles. The first-order valence-electron chi connectivity index (χ1n) is 7.31. The minimum atomic E-state index is 0.494. The van der Waals surface area contributed by atoms with E-state index >= 15 is 0 Å². The summed E-state index contributed by atoms with van der Waals surface area (Å²) in [6, 6.07) is 17.7. The van der Waals surface area contributed by atoms with Crippen LogP contribution in [-0.2, 0) is 6.42 Å². The number of benzene rings is 2. The van der Waals surface area contributed by atoms with E-state index in [4.69, 9.17) is 17.0 Å². The van der Waals surface area contributed by atoms with Gasteiger partial charge in [-0.1, -0.05) is 41.7 Å². The van der Waals surface area contributed by atoms with Gasteiger partial charge in [0, 0.05) is 12.1 Å². The van der Waals surface area contributed by atoms with Gasteiger partial charge in [0.1, 0.15) is 10.8 Å². The lowest BCUT2D eigenvalue weighted by Crippen LogP contribution is -2.18. The number of hydrogen-bond donors (Lipinski definition) is 2. The molecule has 1 heterocycles. The highest BCUT2D eigenvalue weighted by atomic mass is 32.1. The summed E-state index contributed by atoms with van der Waals surface area (Å²) in [6.45, 7) is 0. The Labute approximate surface area is 149 Å². The van der Waals surface area contributed by atoms with Gasteiger partial charge in [-0.2, -0.15) is 0 Å². The van der Waals surface area contributed by atoms with Crippen LogP contribution >= 0.6 is 23.6 Å². The third kappa shape index (κ3) is 4.50. The molecule has 24 heavy (non-hydrogen) atoms. The van der Waals surface area contributed by atoms with Crippen LogP contribution in [0.25, 0.3) is 0 Å². The van der Waals surface area contributed by atoms with Crippen molar-refractivity contribution in [3.05, 3.63) is 65.2 Å². The molecule has 0 aliphatic heterocycles. The molecule has 0 saturated heterocycles. The predicted octanol–water partition coefficient (Wildman–Crippen LogP) is 3.95. The Morgan fingerprint density at radius 1 is 1.04 bits per heavy atom. The van der Waals surface area contributed by atoms with E-state index in [0.29, 0.717) is 10.2 Å². The van der Waals surface area contributed by atoms with Crippen molar-refractivity contribution in [1.29, 1.82) is 0 Å². The summed E-state index contributed by atoms with van der Waals surface area (Å²) in [7, 11) is 1.66. The molecule has 3 aromatic rings. The second-order valence-corrected chi connectivity index (χ2v) is 6.44. The number of rotatable bonds is 5. The molecule has 0 radical (unpaired) electrons. The molecule has 0 saturated carbocycles. The molecule has 0 amide bonds. The minimum absolute atomic E-state index is 0.494. The third-order valence-electron chi connectivity index (χ3n) is 3.23. The van der Waals surface area contributed by atoms with Gasteiger partial charge in [0.05, 0.1) is 7.11 Å². The number of methoxy groups -OCH3 is 1. The zero-order valence-corrected chi connectivity index (χ0v) is 14.7. The summed E-state index contributed by atoms with van der Waals surface area (Å²) in [5.41, 5.74) is 2.08. The van der Waals surface area contributed by atoms with E-state index < -0.39 is 0 Å². The molecular formula is C17H16N4OS2. The van der Waals surface area contributed by atoms with Crippen LogP contribution < -0.4 is 15.4 Å². The largest absolute Gasteiger partial charge is 0.497 e. The highest BCUT2D eigenvalue weighted by Gasteiger charge is 2.07. The maximum atomic E-state index is 5.29. The smallest absolute Gasteiger partial charge is 0.211 e. The van der Waals surface area contributed by atoms with Crippen LogP contribution in [-0.4, -0.2) is 22.4 Å². The number of ether oxygens (including phenoxy) is 1. The number of hydrogen-bond acceptors (Lipinski definition) is 5. The average Bonchev–Trinajstić information content (AvgIpc) is 3.03. The number of thiocarbonyl (C=S) groups is 1. The van der Waals surface area contributed by atoms with Gasteiger partial charge in [0.15, 0.2) is 5.11 Å². The molecule has 0 atom stereocenters. The highest BCUT2D eigenvalue weighted by molar-refractivity contribution is 7.80. The lowest BCUT2D eigenvalue weighted by Gasteiger charge is -2.07. The van der Waals surface area contributed by atoms with Gasteiger partial charge in [-0.05, 0) is 42.0 Å². The fourth-order valence-corrected chi connectivity index (χ4v) is 3.13. The van der Waals surface area contributed by atoms with E-state index in [1.807, 2.05) is 54.6 Å². The summed E-state index contributed by atoms with van der Waals surface area (Å²) < 4.78 is 5.16. The summed E-state index contributed by atoms with van der Waals surface area (Å²) in [6.07, 6.45) is 0.724. The van der Waals surface area contributed by atoms with E-state index in [2.05, 4.69) is 20.8 Å². The monoisotopic (exact) mass is 356 g/mol. The van der Waals surface area contributed by atoms with Crippen LogP contribution in [0, 0.1) is 0 Å². The normalized spacial score (nSPS) is 10.2. The predicted molar refractivity (Wildman–Crippen MR) is 102 cm³/mol. The van der Waals surface area contributed by atoms with Crippen molar-refractivity contribution in [3.8, 4) is 5.75 Å². The van der Waals surface area contributed by atoms with Crippen molar-refractivity contribution in [2.75, 3.05) is 17.7 Å². The van der Waals surface area contributed by atoms with Crippen molar-refractivity contribution in [1.82, 2.24) is 10.2 Å². The van der Waals surface area contributed by atoms with E-state index in [1.165, 1.54) is 11.3 Å². The first kappa shape index (κ1) is 16.4. The van der Waals surface area contributed by atoms with Crippen LogP contribution in [0.5, 0.6) is 5.75 Å². The van der Waals surface area contributed by atoms with E-state index in [9.17, 15) is 0 Å². The van der Waals surface area contributed by atoms with Gasteiger partial charge in [-0.15, -0.1) is 10.2 Å². The molecule has 2 N–H and O–H groups in total. The number of aromatic nitrogens is 2. The highest BCUT2D eigenvalue weighted by Crippen LogP contribution is 2.20. The zero-order valence-electron chi connectivity index (χ0n) is 13.0. The van der Waals surface area contributed by atoms with Gasteiger partial charge < -0.3 is 15.4 Å². The van der Waals surface area contributed by atoms with Crippen molar-refractivity contribution in [2.45, 2.75) is 6.42 Å². The van der Waals surface area contributed by atoms with Gasteiger partial charge in [0.25, 0.3) is 0 Å². The molecule has 2 aromatic carbocycles. The van der Waals surface area contributed by atoms with Gasteiger partial charge >= 0.3 is 0 Å². The lowest BCUT2D eigenvalue weighted by molar-refractivity contribution is 0.414. The molecule has 0 aliphatic rings. The topological polar surface area (TPSA) is 59.1 Å². The molecule has 0 bridgehead atoms. The van der Waals surface area contributed by atoms with Gasteiger partial charge in [0.2, 0.25) is 5.13 Å². The molecule has 122 valence electrons. The Kier molecular flexibility index (Phi) is 5.35. The van der Waals surface area contributed by atoms with Crippen molar-refractivity contribution in [2.24, 2.45) is 0 Å². The summed E-state index contributed by atoms with van der Waals surface area (Å²) >= 11 is 6.77. The van der Waals surface area contributed by atoms with Crippen molar-refractivity contribution >= 4 is 39.5 Å². The van der Waals surface area contributed by atoms with Crippen molar-refractivity contribution < 1.29 is 4.74 Å². The van der Waals surface area contributed by atoms with E-state index in [0.717, 1.165) is 28.4 Å². The summed E-state index contributed by atoms with van der Waals surface area (Å²) in [5.74, 6) is 0.843. The molecular weight excluding hydrogens is 340 g/mol. The molecule has 0 fully saturated rings. The van der Waals surface area contributed by atoms with E-state index in [-0.39, 0.29) is 0 Å². The minimum Gasteiger partial charge on any atom is -0.497 e. The maximum absolute atomic E-state index is 5.29. The number of nitrogens with zero attached hydrogens (tertiary/aromatic N) is 2. The Balaban J connectivity index is 1.57.